The average Bonchev–Trinajstić information content (AvgIpc) is 2.64. The fraction of sp³-hybridized carbons (Fsp3) is 0.250. The van der Waals surface area contributed by atoms with Gasteiger partial charge in [0.05, 0.1) is 11.4 Å². The maximum atomic E-state index is 8.43. The minimum Gasteiger partial charge on any atom is -0.375 e. The molecule has 2 rings (SSSR count). The molecule has 0 spiro atoms. The molecule has 0 aliphatic heterocycles. The second-order valence-electron chi connectivity index (χ2n) is 5.40. The SMILES string of the molecule is CCCCN(C)c1ccc(N=Nc2ccc(C#CC#N)cc2)cc1. The molecule has 0 bridgehead atoms. The van der Waals surface area contributed by atoms with Gasteiger partial charge in [0.2, 0.25) is 0 Å². The van der Waals surface area contributed by atoms with E-state index in [4.69, 9.17) is 5.26 Å². The maximum absolute atomic E-state index is 8.43. The number of hydrogen-bond acceptors (Lipinski definition) is 4. The molecule has 0 aromatic heterocycles. The molecule has 24 heavy (non-hydrogen) atoms. The highest BCUT2D eigenvalue weighted by Crippen LogP contribution is 2.22. The molecule has 0 atom stereocenters. The van der Waals surface area contributed by atoms with Crippen LogP contribution in [-0.4, -0.2) is 13.6 Å². The van der Waals surface area contributed by atoms with E-state index < -0.39 is 0 Å². The lowest BCUT2D eigenvalue weighted by molar-refractivity contribution is 0.767. The van der Waals surface area contributed by atoms with Crippen molar-refractivity contribution in [2.75, 3.05) is 18.5 Å². The Morgan fingerprint density at radius 1 is 0.958 bits per heavy atom. The third-order valence-corrected chi connectivity index (χ3v) is 3.55. The van der Waals surface area contributed by atoms with E-state index in [2.05, 4.69) is 53.1 Å². The second-order valence-corrected chi connectivity index (χ2v) is 5.40. The van der Waals surface area contributed by atoms with Gasteiger partial charge in [-0.25, -0.2) is 0 Å². The topological polar surface area (TPSA) is 51.8 Å². The largest absolute Gasteiger partial charge is 0.375 e. The summed E-state index contributed by atoms with van der Waals surface area (Å²) in [5.74, 6) is 5.10. The molecular formula is C20H20N4. The van der Waals surface area contributed by atoms with Gasteiger partial charge >= 0.3 is 0 Å². The molecule has 0 saturated carbocycles. The summed E-state index contributed by atoms with van der Waals surface area (Å²) in [6.45, 7) is 3.25. The van der Waals surface area contributed by atoms with Gasteiger partial charge < -0.3 is 4.90 Å². The molecule has 0 aliphatic rings. The molecule has 0 N–H and O–H groups in total. The first-order chi connectivity index (χ1) is 11.7. The lowest BCUT2D eigenvalue weighted by Crippen LogP contribution is -2.17. The molecular weight excluding hydrogens is 296 g/mol. The third kappa shape index (κ3) is 5.26. The normalized spacial score (nSPS) is 10.0. The highest BCUT2D eigenvalue weighted by atomic mass is 15.1. The Morgan fingerprint density at radius 3 is 2.08 bits per heavy atom. The second kappa shape index (κ2) is 9.12. The van der Waals surface area contributed by atoms with Crippen molar-refractivity contribution < 1.29 is 0 Å². The van der Waals surface area contributed by atoms with Crippen LogP contribution in [0.5, 0.6) is 0 Å². The number of azo groups is 1. The van der Waals surface area contributed by atoms with Gasteiger partial charge in [0.15, 0.2) is 6.07 Å². The van der Waals surface area contributed by atoms with Crippen molar-refractivity contribution in [3.63, 3.8) is 0 Å². The van der Waals surface area contributed by atoms with Gasteiger partial charge in [-0.05, 0) is 55.0 Å². The van der Waals surface area contributed by atoms with E-state index in [0.717, 1.165) is 23.5 Å². The van der Waals surface area contributed by atoms with Crippen LogP contribution in [0.2, 0.25) is 0 Å². The van der Waals surface area contributed by atoms with E-state index >= 15 is 0 Å². The minimum absolute atomic E-state index is 0.752. The molecule has 2 aromatic rings. The summed E-state index contributed by atoms with van der Waals surface area (Å²) >= 11 is 0. The Bertz CT molecular complexity index is 772. The Balaban J connectivity index is 2.00. The van der Waals surface area contributed by atoms with Gasteiger partial charge in [0.1, 0.15) is 0 Å². The van der Waals surface area contributed by atoms with Gasteiger partial charge in [0, 0.05) is 30.8 Å². The number of anilines is 1. The summed E-state index contributed by atoms with van der Waals surface area (Å²) in [5, 5.41) is 16.9. The number of rotatable bonds is 6. The number of nitriles is 1. The zero-order valence-corrected chi connectivity index (χ0v) is 14.0. The van der Waals surface area contributed by atoms with Crippen LogP contribution < -0.4 is 4.90 Å². The standard InChI is InChI=1S/C20H20N4/c1-3-4-16-24(2)20-13-11-19(12-14-20)23-22-18-9-7-17(8-10-18)6-5-15-21/h7-14H,3-4,16H2,1-2H3. The van der Waals surface area contributed by atoms with Crippen LogP contribution in [0.25, 0.3) is 0 Å². The monoisotopic (exact) mass is 316 g/mol. The molecule has 2 aromatic carbocycles. The van der Waals surface area contributed by atoms with E-state index in [1.165, 1.54) is 18.5 Å². The van der Waals surface area contributed by atoms with E-state index in [1.807, 2.05) is 36.4 Å². The van der Waals surface area contributed by atoms with Crippen molar-refractivity contribution in [1.29, 1.82) is 5.26 Å². The smallest absolute Gasteiger partial charge is 0.152 e. The number of unbranched alkanes of at least 4 members (excludes halogenated alkanes) is 1. The van der Waals surface area contributed by atoms with Crippen molar-refractivity contribution in [2.45, 2.75) is 19.8 Å². The fourth-order valence-electron chi connectivity index (χ4n) is 2.13. The van der Waals surface area contributed by atoms with Gasteiger partial charge in [0.25, 0.3) is 0 Å². The van der Waals surface area contributed by atoms with Crippen molar-refractivity contribution in [3.8, 4) is 17.9 Å². The molecule has 0 fully saturated rings. The van der Waals surface area contributed by atoms with E-state index in [-0.39, 0.29) is 0 Å². The maximum Gasteiger partial charge on any atom is 0.152 e. The zero-order valence-electron chi connectivity index (χ0n) is 14.0. The van der Waals surface area contributed by atoms with Crippen LogP contribution >= 0.6 is 0 Å². The van der Waals surface area contributed by atoms with Crippen molar-refractivity contribution in [1.82, 2.24) is 0 Å². The van der Waals surface area contributed by atoms with E-state index in [9.17, 15) is 0 Å². The molecule has 120 valence electrons. The molecule has 0 radical (unpaired) electrons. The zero-order chi connectivity index (χ0) is 17.2. The number of benzene rings is 2. The first kappa shape index (κ1) is 17.2. The Kier molecular flexibility index (Phi) is 6.56. The predicted molar refractivity (Wildman–Crippen MR) is 97.7 cm³/mol. The van der Waals surface area contributed by atoms with Crippen LogP contribution in [0.3, 0.4) is 0 Å². The molecule has 0 aliphatic carbocycles. The number of nitrogens with zero attached hydrogens (tertiary/aromatic N) is 4. The highest BCUT2D eigenvalue weighted by Gasteiger charge is 2.00. The quantitative estimate of drug-likeness (QED) is 0.542. The summed E-state index contributed by atoms with van der Waals surface area (Å²) < 4.78 is 0. The summed E-state index contributed by atoms with van der Waals surface area (Å²) in [6, 6.07) is 17.2. The van der Waals surface area contributed by atoms with Crippen LogP contribution in [0.15, 0.2) is 58.8 Å². The van der Waals surface area contributed by atoms with Gasteiger partial charge in [-0.3, -0.25) is 0 Å². The van der Waals surface area contributed by atoms with Crippen molar-refractivity contribution in [3.05, 3.63) is 54.1 Å². The Morgan fingerprint density at radius 2 is 1.54 bits per heavy atom. The lowest BCUT2D eigenvalue weighted by Gasteiger charge is -2.18. The Labute approximate surface area is 143 Å². The molecule has 0 amide bonds. The summed E-state index contributed by atoms with van der Waals surface area (Å²) in [4.78, 5) is 2.24. The molecule has 4 nitrogen and oxygen atoms in total. The predicted octanol–water partition coefficient (Wildman–Crippen LogP) is 5.21. The third-order valence-electron chi connectivity index (χ3n) is 3.55. The highest BCUT2D eigenvalue weighted by molar-refractivity contribution is 5.52. The van der Waals surface area contributed by atoms with E-state index in [1.54, 1.807) is 6.07 Å². The van der Waals surface area contributed by atoms with Crippen LogP contribution in [0.1, 0.15) is 25.3 Å². The average molecular weight is 316 g/mol. The van der Waals surface area contributed by atoms with Gasteiger partial charge in [-0.1, -0.05) is 19.3 Å². The van der Waals surface area contributed by atoms with Gasteiger partial charge in [-0.2, -0.15) is 15.5 Å². The summed E-state index contributed by atoms with van der Waals surface area (Å²) in [6.07, 6.45) is 2.38. The van der Waals surface area contributed by atoms with Crippen molar-refractivity contribution in [2.24, 2.45) is 10.2 Å². The van der Waals surface area contributed by atoms with Crippen LogP contribution in [0.4, 0.5) is 17.1 Å². The first-order valence-corrected chi connectivity index (χ1v) is 7.96. The minimum atomic E-state index is 0.752. The molecule has 0 heterocycles. The van der Waals surface area contributed by atoms with Crippen LogP contribution in [-0.2, 0) is 0 Å². The molecule has 0 unspecified atom stereocenters. The number of hydrogen-bond donors (Lipinski definition) is 0. The first-order valence-electron chi connectivity index (χ1n) is 7.96. The Hall–Kier alpha value is -3.11. The summed E-state index contributed by atoms with van der Waals surface area (Å²) in [5.41, 5.74) is 3.54. The molecule has 4 heteroatoms. The van der Waals surface area contributed by atoms with Gasteiger partial charge in [-0.15, -0.1) is 0 Å². The lowest BCUT2D eigenvalue weighted by atomic mass is 10.2. The van der Waals surface area contributed by atoms with Crippen LogP contribution in [0, 0.1) is 23.2 Å². The van der Waals surface area contributed by atoms with E-state index in [0.29, 0.717) is 0 Å². The molecule has 0 saturated heterocycles. The summed E-state index contributed by atoms with van der Waals surface area (Å²) in [7, 11) is 2.10. The van der Waals surface area contributed by atoms with Crippen molar-refractivity contribution >= 4 is 17.1 Å². The fourth-order valence-corrected chi connectivity index (χ4v) is 2.13.